The number of hydrogen-bond acceptors (Lipinski definition) is 4. The van der Waals surface area contributed by atoms with Gasteiger partial charge in [0.1, 0.15) is 0 Å². The molecule has 0 fully saturated rings. The molecule has 0 bridgehead atoms. The van der Waals surface area contributed by atoms with Gasteiger partial charge in [-0.05, 0) is 36.6 Å². The third kappa shape index (κ3) is 6.47. The Morgan fingerprint density at radius 2 is 1.78 bits per heavy atom. The smallest absolute Gasteiger partial charge is 0.242 e. The van der Waals surface area contributed by atoms with Crippen LogP contribution in [-0.4, -0.2) is 38.3 Å². The highest BCUT2D eigenvalue weighted by Gasteiger charge is 2.21. The van der Waals surface area contributed by atoms with Crippen molar-refractivity contribution in [3.8, 4) is 0 Å². The minimum absolute atomic E-state index is 0. The lowest BCUT2D eigenvalue weighted by Gasteiger charge is -2.21. The van der Waals surface area contributed by atoms with Gasteiger partial charge >= 0.3 is 0 Å². The Labute approximate surface area is 144 Å². The third-order valence-electron chi connectivity index (χ3n) is 3.52. The number of anilines is 1. The monoisotopic (exact) mass is 363 g/mol. The number of rotatable bonds is 7. The molecule has 8 heteroatoms. The normalized spacial score (nSPS) is 12.8. The fourth-order valence-electron chi connectivity index (χ4n) is 1.88. The Balaban J connectivity index is 0.00000484. The van der Waals surface area contributed by atoms with Crippen molar-refractivity contribution in [2.24, 2.45) is 11.7 Å². The first kappa shape index (κ1) is 21.9. The molecule has 0 aromatic heterocycles. The first-order valence-electron chi connectivity index (χ1n) is 7.24. The van der Waals surface area contributed by atoms with Crippen LogP contribution in [-0.2, 0) is 14.8 Å². The summed E-state index contributed by atoms with van der Waals surface area (Å²) < 4.78 is 26.2. The molecule has 1 aromatic carbocycles. The maximum Gasteiger partial charge on any atom is 0.242 e. The van der Waals surface area contributed by atoms with Gasteiger partial charge in [-0.15, -0.1) is 12.4 Å². The summed E-state index contributed by atoms with van der Waals surface area (Å²) in [6.07, 6.45) is 0.609. The van der Waals surface area contributed by atoms with Gasteiger partial charge in [0.25, 0.3) is 0 Å². The number of halogens is 1. The van der Waals surface area contributed by atoms with Crippen molar-refractivity contribution in [1.82, 2.24) is 4.31 Å². The number of nitrogens with zero attached hydrogens (tertiary/aromatic N) is 1. The standard InChI is InChI=1S/C15H25N3O3S.ClH/c1-11(2)15(16)9-10-18(4)22(20,21)14-7-5-13(6-8-14)17-12(3)19;/h5-8,11,15H,9-10,16H2,1-4H3,(H,17,19);1H. The first-order chi connectivity index (χ1) is 10.1. The Morgan fingerprint density at radius 3 is 2.22 bits per heavy atom. The lowest BCUT2D eigenvalue weighted by Crippen LogP contribution is -2.34. The van der Waals surface area contributed by atoms with E-state index < -0.39 is 10.0 Å². The zero-order valence-electron chi connectivity index (χ0n) is 13.9. The van der Waals surface area contributed by atoms with E-state index in [1.54, 1.807) is 19.2 Å². The van der Waals surface area contributed by atoms with Gasteiger partial charge < -0.3 is 11.1 Å². The summed E-state index contributed by atoms with van der Waals surface area (Å²) in [4.78, 5) is 11.2. The molecule has 3 N–H and O–H groups in total. The van der Waals surface area contributed by atoms with E-state index in [1.807, 2.05) is 13.8 Å². The summed E-state index contributed by atoms with van der Waals surface area (Å²) in [5.74, 6) is 0.114. The van der Waals surface area contributed by atoms with Crippen LogP contribution < -0.4 is 11.1 Å². The molecule has 0 saturated heterocycles. The van der Waals surface area contributed by atoms with Crippen LogP contribution in [0.1, 0.15) is 27.2 Å². The van der Waals surface area contributed by atoms with E-state index in [4.69, 9.17) is 5.73 Å². The molecule has 0 spiro atoms. The number of carbonyl (C=O) groups excluding carboxylic acids is 1. The highest BCUT2D eigenvalue weighted by molar-refractivity contribution is 7.89. The van der Waals surface area contributed by atoms with Crippen molar-refractivity contribution in [1.29, 1.82) is 0 Å². The van der Waals surface area contributed by atoms with Crippen LogP contribution in [0.3, 0.4) is 0 Å². The topological polar surface area (TPSA) is 92.5 Å². The SMILES string of the molecule is CC(=O)Nc1ccc(S(=O)(=O)N(C)CCC(N)C(C)C)cc1.Cl. The van der Waals surface area contributed by atoms with Crippen molar-refractivity contribution >= 4 is 34.0 Å². The summed E-state index contributed by atoms with van der Waals surface area (Å²) in [5.41, 5.74) is 6.52. The maximum absolute atomic E-state index is 12.4. The predicted octanol–water partition coefficient (Wildman–Crippen LogP) is 2.06. The number of amides is 1. The molecule has 1 atom stereocenters. The second-order valence-corrected chi connectivity index (χ2v) is 7.77. The maximum atomic E-state index is 12.4. The highest BCUT2D eigenvalue weighted by atomic mass is 35.5. The molecule has 1 amide bonds. The Morgan fingerprint density at radius 1 is 1.26 bits per heavy atom. The van der Waals surface area contributed by atoms with E-state index in [2.05, 4.69) is 5.32 Å². The molecular weight excluding hydrogens is 338 g/mol. The van der Waals surface area contributed by atoms with Gasteiger partial charge in [-0.3, -0.25) is 4.79 Å². The molecule has 0 aliphatic rings. The zero-order chi connectivity index (χ0) is 16.9. The van der Waals surface area contributed by atoms with Gasteiger partial charge in [0.2, 0.25) is 15.9 Å². The van der Waals surface area contributed by atoms with Gasteiger partial charge in [0, 0.05) is 32.2 Å². The average Bonchev–Trinajstić information content (AvgIpc) is 2.44. The molecule has 0 saturated carbocycles. The van der Waals surface area contributed by atoms with E-state index in [0.29, 0.717) is 24.6 Å². The fourth-order valence-corrected chi connectivity index (χ4v) is 3.06. The average molecular weight is 364 g/mol. The van der Waals surface area contributed by atoms with Crippen LogP contribution in [0.2, 0.25) is 0 Å². The minimum Gasteiger partial charge on any atom is -0.327 e. The number of benzene rings is 1. The van der Waals surface area contributed by atoms with Gasteiger partial charge in [0.05, 0.1) is 4.90 Å². The first-order valence-corrected chi connectivity index (χ1v) is 8.68. The Bertz CT molecular complexity index is 603. The summed E-state index contributed by atoms with van der Waals surface area (Å²) >= 11 is 0. The third-order valence-corrected chi connectivity index (χ3v) is 5.39. The molecule has 1 rings (SSSR count). The molecule has 132 valence electrons. The Hall–Kier alpha value is -1.15. The number of nitrogens with one attached hydrogen (secondary N) is 1. The Kier molecular flexibility index (Phi) is 8.76. The van der Waals surface area contributed by atoms with Gasteiger partial charge in [-0.1, -0.05) is 13.8 Å². The molecular formula is C15H26ClN3O3S. The lowest BCUT2D eigenvalue weighted by molar-refractivity contribution is -0.114. The molecule has 23 heavy (non-hydrogen) atoms. The van der Waals surface area contributed by atoms with Crippen LogP contribution in [0.25, 0.3) is 0 Å². The number of sulfonamides is 1. The van der Waals surface area contributed by atoms with E-state index in [0.717, 1.165) is 0 Å². The molecule has 0 aliphatic carbocycles. The molecule has 1 aromatic rings. The van der Waals surface area contributed by atoms with Crippen LogP contribution >= 0.6 is 12.4 Å². The molecule has 1 unspecified atom stereocenters. The van der Waals surface area contributed by atoms with Crippen molar-refractivity contribution in [2.75, 3.05) is 18.9 Å². The van der Waals surface area contributed by atoms with E-state index in [9.17, 15) is 13.2 Å². The van der Waals surface area contributed by atoms with E-state index in [-0.39, 0.29) is 29.3 Å². The summed E-state index contributed by atoms with van der Waals surface area (Å²) in [7, 11) is -1.99. The van der Waals surface area contributed by atoms with Gasteiger partial charge in [0.15, 0.2) is 0 Å². The zero-order valence-corrected chi connectivity index (χ0v) is 15.6. The van der Waals surface area contributed by atoms with Crippen LogP contribution in [0.5, 0.6) is 0 Å². The quantitative estimate of drug-likeness (QED) is 0.775. The van der Waals surface area contributed by atoms with Gasteiger partial charge in [-0.25, -0.2) is 12.7 Å². The predicted molar refractivity (Wildman–Crippen MR) is 95.2 cm³/mol. The highest BCUT2D eigenvalue weighted by Crippen LogP contribution is 2.18. The number of hydrogen-bond donors (Lipinski definition) is 2. The fraction of sp³-hybridized carbons (Fsp3) is 0.533. The van der Waals surface area contributed by atoms with Gasteiger partial charge in [-0.2, -0.15) is 0 Å². The lowest BCUT2D eigenvalue weighted by atomic mass is 10.0. The van der Waals surface area contributed by atoms with Crippen molar-refractivity contribution < 1.29 is 13.2 Å². The molecule has 0 heterocycles. The van der Waals surface area contributed by atoms with Crippen LogP contribution in [0.4, 0.5) is 5.69 Å². The number of nitrogens with two attached hydrogens (primary N) is 1. The van der Waals surface area contributed by atoms with Crippen molar-refractivity contribution in [3.05, 3.63) is 24.3 Å². The molecule has 6 nitrogen and oxygen atoms in total. The second kappa shape index (κ2) is 9.22. The van der Waals surface area contributed by atoms with Crippen LogP contribution in [0, 0.1) is 5.92 Å². The molecule has 0 aliphatic heterocycles. The summed E-state index contributed by atoms with van der Waals surface area (Å²) in [5, 5.41) is 2.60. The molecule has 0 radical (unpaired) electrons. The van der Waals surface area contributed by atoms with Crippen molar-refractivity contribution in [3.63, 3.8) is 0 Å². The van der Waals surface area contributed by atoms with E-state index in [1.165, 1.54) is 23.4 Å². The van der Waals surface area contributed by atoms with Crippen LogP contribution in [0.15, 0.2) is 29.2 Å². The second-order valence-electron chi connectivity index (χ2n) is 5.73. The number of carbonyl (C=O) groups is 1. The minimum atomic E-state index is -3.54. The van der Waals surface area contributed by atoms with Crippen molar-refractivity contribution in [2.45, 2.75) is 38.1 Å². The summed E-state index contributed by atoms with van der Waals surface area (Å²) in [6.45, 7) is 5.80. The summed E-state index contributed by atoms with van der Waals surface area (Å²) in [6, 6.07) is 6.09. The largest absolute Gasteiger partial charge is 0.327 e. The van der Waals surface area contributed by atoms with E-state index >= 15 is 0 Å².